The van der Waals surface area contributed by atoms with Crippen LogP contribution in [0.3, 0.4) is 0 Å². The van der Waals surface area contributed by atoms with E-state index in [1.807, 2.05) is 0 Å². The lowest BCUT2D eigenvalue weighted by atomic mass is 10.1. The maximum Gasteiger partial charge on any atom is 0.243 e. The van der Waals surface area contributed by atoms with Crippen molar-refractivity contribution < 1.29 is 27.5 Å². The van der Waals surface area contributed by atoms with Crippen LogP contribution >= 0.6 is 11.6 Å². The lowest BCUT2D eigenvalue weighted by Crippen LogP contribution is -2.30. The number of Topliss-reactive ketones (excluding diaryl/α,β-unsaturated/α-hetero) is 1. The molecule has 0 unspecified atom stereocenters. The SMILES string of the molecule is CCN(CC)S(=O)(=O)c1ccc(Cl)c(NC(=O)CCCOc2ccc(C(C)=O)cc2OC)c1. The van der Waals surface area contributed by atoms with Crippen molar-refractivity contribution in [3.8, 4) is 11.5 Å². The number of anilines is 1. The van der Waals surface area contributed by atoms with Crippen molar-refractivity contribution in [2.45, 2.75) is 38.5 Å². The van der Waals surface area contributed by atoms with Gasteiger partial charge in [-0.1, -0.05) is 25.4 Å². The van der Waals surface area contributed by atoms with E-state index in [9.17, 15) is 18.0 Å². The summed E-state index contributed by atoms with van der Waals surface area (Å²) in [7, 11) is -2.19. The first-order valence-electron chi connectivity index (χ1n) is 10.5. The smallest absolute Gasteiger partial charge is 0.243 e. The van der Waals surface area contributed by atoms with Crippen LogP contribution in [0.15, 0.2) is 41.3 Å². The topological polar surface area (TPSA) is 102 Å². The first kappa shape index (κ1) is 26.6. The third kappa shape index (κ3) is 6.93. The Labute approximate surface area is 199 Å². The predicted molar refractivity (Wildman–Crippen MR) is 128 cm³/mol. The number of benzene rings is 2. The summed E-state index contributed by atoms with van der Waals surface area (Å²) < 4.78 is 37.7. The van der Waals surface area contributed by atoms with E-state index in [1.165, 1.54) is 36.5 Å². The van der Waals surface area contributed by atoms with Crippen molar-refractivity contribution in [3.63, 3.8) is 0 Å². The standard InChI is InChI=1S/C23H29ClN2O6S/c1-5-26(6-2)33(29,30)18-10-11-19(24)20(15-18)25-23(28)8-7-13-32-21-12-9-17(16(3)27)14-22(21)31-4/h9-12,14-15H,5-8,13H2,1-4H3,(H,25,28). The fraction of sp³-hybridized carbons (Fsp3) is 0.391. The molecular weight excluding hydrogens is 468 g/mol. The molecule has 180 valence electrons. The molecule has 1 amide bonds. The van der Waals surface area contributed by atoms with Crippen molar-refractivity contribution in [2.24, 2.45) is 0 Å². The molecular formula is C23H29ClN2O6S. The number of nitrogens with one attached hydrogen (secondary N) is 1. The van der Waals surface area contributed by atoms with Gasteiger partial charge in [0, 0.05) is 25.1 Å². The van der Waals surface area contributed by atoms with Gasteiger partial charge in [-0.2, -0.15) is 4.31 Å². The van der Waals surface area contributed by atoms with Crippen LogP contribution in [0.5, 0.6) is 11.5 Å². The van der Waals surface area contributed by atoms with Gasteiger partial charge in [0.05, 0.1) is 29.3 Å². The van der Waals surface area contributed by atoms with E-state index in [0.717, 1.165) is 0 Å². The molecule has 0 saturated heterocycles. The van der Waals surface area contributed by atoms with Gasteiger partial charge < -0.3 is 14.8 Å². The van der Waals surface area contributed by atoms with Crippen molar-refractivity contribution in [1.82, 2.24) is 4.31 Å². The first-order valence-corrected chi connectivity index (χ1v) is 12.4. The van der Waals surface area contributed by atoms with Crippen LogP contribution in [0, 0.1) is 0 Å². The number of rotatable bonds is 12. The lowest BCUT2D eigenvalue weighted by Gasteiger charge is -2.19. The van der Waals surface area contributed by atoms with Crippen LogP contribution in [0.1, 0.15) is 44.0 Å². The fourth-order valence-electron chi connectivity index (χ4n) is 3.11. The average Bonchev–Trinajstić information content (AvgIpc) is 2.78. The number of ether oxygens (including phenoxy) is 2. The second-order valence-electron chi connectivity index (χ2n) is 7.15. The maximum absolute atomic E-state index is 12.7. The highest BCUT2D eigenvalue weighted by Gasteiger charge is 2.22. The second kappa shape index (κ2) is 12.0. The van der Waals surface area contributed by atoms with E-state index in [2.05, 4.69) is 5.32 Å². The summed E-state index contributed by atoms with van der Waals surface area (Å²) in [6.07, 6.45) is 0.537. The molecule has 0 aliphatic rings. The third-order valence-electron chi connectivity index (χ3n) is 4.93. The molecule has 0 aliphatic carbocycles. The van der Waals surface area contributed by atoms with Crippen molar-refractivity contribution >= 4 is 39.0 Å². The Hall–Kier alpha value is -2.62. The molecule has 1 N–H and O–H groups in total. The minimum atomic E-state index is -3.67. The molecule has 33 heavy (non-hydrogen) atoms. The van der Waals surface area contributed by atoms with Gasteiger partial charge in [0.1, 0.15) is 0 Å². The summed E-state index contributed by atoms with van der Waals surface area (Å²) in [5, 5.41) is 2.91. The van der Waals surface area contributed by atoms with Gasteiger partial charge in [-0.05, 0) is 49.7 Å². The molecule has 0 fully saturated rings. The molecule has 0 radical (unpaired) electrons. The quantitative estimate of drug-likeness (QED) is 0.345. The summed E-state index contributed by atoms with van der Waals surface area (Å²) in [6.45, 7) is 5.91. The molecule has 0 bridgehead atoms. The second-order valence-corrected chi connectivity index (χ2v) is 9.50. The zero-order valence-corrected chi connectivity index (χ0v) is 20.8. The van der Waals surface area contributed by atoms with Crippen molar-refractivity contribution in [3.05, 3.63) is 47.0 Å². The Morgan fingerprint density at radius 3 is 2.36 bits per heavy atom. The van der Waals surface area contributed by atoms with E-state index >= 15 is 0 Å². The summed E-state index contributed by atoms with van der Waals surface area (Å²) in [4.78, 5) is 23.9. The number of hydrogen-bond donors (Lipinski definition) is 1. The zero-order valence-electron chi connectivity index (χ0n) is 19.2. The van der Waals surface area contributed by atoms with Crippen LogP contribution in [-0.4, -0.2) is 51.2 Å². The number of ketones is 1. The Morgan fingerprint density at radius 1 is 1.06 bits per heavy atom. The Balaban J connectivity index is 1.97. The highest BCUT2D eigenvalue weighted by Crippen LogP contribution is 2.29. The summed E-state index contributed by atoms with van der Waals surface area (Å²) in [6, 6.07) is 9.14. The van der Waals surface area contributed by atoms with Gasteiger partial charge in [-0.3, -0.25) is 9.59 Å². The largest absolute Gasteiger partial charge is 0.493 e. The Kier molecular flexibility index (Phi) is 9.70. The monoisotopic (exact) mass is 496 g/mol. The van der Waals surface area contributed by atoms with E-state index in [4.69, 9.17) is 21.1 Å². The molecule has 0 atom stereocenters. The molecule has 0 aliphatic heterocycles. The van der Waals surface area contributed by atoms with Gasteiger partial charge in [0.25, 0.3) is 0 Å². The Bertz CT molecular complexity index is 1100. The van der Waals surface area contributed by atoms with Crippen LogP contribution < -0.4 is 14.8 Å². The number of carbonyl (C=O) groups excluding carboxylic acids is 2. The minimum Gasteiger partial charge on any atom is -0.493 e. The number of sulfonamides is 1. The van der Waals surface area contributed by atoms with E-state index < -0.39 is 10.0 Å². The molecule has 2 aromatic rings. The van der Waals surface area contributed by atoms with Gasteiger partial charge in [-0.15, -0.1) is 0 Å². The Morgan fingerprint density at radius 2 is 1.76 bits per heavy atom. The van der Waals surface area contributed by atoms with Gasteiger partial charge in [0.2, 0.25) is 15.9 Å². The van der Waals surface area contributed by atoms with Gasteiger partial charge >= 0.3 is 0 Å². The average molecular weight is 497 g/mol. The molecule has 2 rings (SSSR count). The normalized spacial score (nSPS) is 11.3. The molecule has 10 heteroatoms. The number of methoxy groups -OCH3 is 1. The van der Waals surface area contributed by atoms with Gasteiger partial charge in [0.15, 0.2) is 17.3 Å². The molecule has 0 spiro atoms. The highest BCUT2D eigenvalue weighted by molar-refractivity contribution is 7.89. The minimum absolute atomic E-state index is 0.0651. The number of amides is 1. The molecule has 0 aromatic heterocycles. The number of hydrogen-bond acceptors (Lipinski definition) is 6. The molecule has 0 saturated carbocycles. The molecule has 2 aromatic carbocycles. The van der Waals surface area contributed by atoms with Gasteiger partial charge in [-0.25, -0.2) is 8.42 Å². The summed E-state index contributed by atoms with van der Waals surface area (Å²) in [5.74, 6) is 0.506. The predicted octanol–water partition coefficient (Wildman–Crippen LogP) is 4.38. The first-order chi connectivity index (χ1) is 15.6. The maximum atomic E-state index is 12.7. The summed E-state index contributed by atoms with van der Waals surface area (Å²) >= 11 is 6.16. The zero-order chi connectivity index (χ0) is 24.6. The fourth-order valence-corrected chi connectivity index (χ4v) is 4.76. The number of nitrogens with zero attached hydrogens (tertiary/aromatic N) is 1. The van der Waals surface area contributed by atoms with Crippen molar-refractivity contribution in [1.29, 1.82) is 0 Å². The number of carbonyl (C=O) groups is 2. The highest BCUT2D eigenvalue weighted by atomic mass is 35.5. The molecule has 8 nitrogen and oxygen atoms in total. The van der Waals surface area contributed by atoms with Crippen LogP contribution in [-0.2, 0) is 14.8 Å². The third-order valence-corrected chi connectivity index (χ3v) is 7.31. The van der Waals surface area contributed by atoms with E-state index in [1.54, 1.807) is 32.0 Å². The van der Waals surface area contributed by atoms with Crippen LogP contribution in [0.25, 0.3) is 0 Å². The van der Waals surface area contributed by atoms with Crippen LogP contribution in [0.2, 0.25) is 5.02 Å². The summed E-state index contributed by atoms with van der Waals surface area (Å²) in [5.41, 5.74) is 0.748. The number of halogens is 1. The van der Waals surface area contributed by atoms with Crippen LogP contribution in [0.4, 0.5) is 5.69 Å². The van der Waals surface area contributed by atoms with Crippen molar-refractivity contribution in [2.75, 3.05) is 32.1 Å². The lowest BCUT2D eigenvalue weighted by molar-refractivity contribution is -0.116. The molecule has 0 heterocycles. The van der Waals surface area contributed by atoms with E-state index in [0.29, 0.717) is 36.6 Å². The van der Waals surface area contributed by atoms with E-state index in [-0.39, 0.29) is 40.3 Å².